The van der Waals surface area contributed by atoms with Crippen LogP contribution >= 0.6 is 0 Å². The van der Waals surface area contributed by atoms with Crippen molar-refractivity contribution in [2.24, 2.45) is 10.8 Å². The molecule has 0 fully saturated rings. The average molecular weight is 556 g/mol. The van der Waals surface area contributed by atoms with Crippen LogP contribution in [0.3, 0.4) is 0 Å². The highest BCUT2D eigenvalue weighted by molar-refractivity contribution is 5.85. The second-order valence-corrected chi connectivity index (χ2v) is 11.5. The van der Waals surface area contributed by atoms with E-state index in [-0.39, 0.29) is 49.4 Å². The summed E-state index contributed by atoms with van der Waals surface area (Å²) in [7, 11) is 0. The Morgan fingerprint density at radius 2 is 1.38 bits per heavy atom. The molecule has 2 aromatic carbocycles. The molecule has 1 unspecified atom stereocenters. The molecule has 0 aliphatic carbocycles. The number of nitrogens with one attached hydrogen (secondary N) is 3. The summed E-state index contributed by atoms with van der Waals surface area (Å²) in [6.07, 6.45) is -0.766. The predicted molar refractivity (Wildman–Crippen MR) is 151 cm³/mol. The maximum absolute atomic E-state index is 12.5. The van der Waals surface area contributed by atoms with Crippen LogP contribution in [0.15, 0.2) is 48.5 Å². The fraction of sp³-hybridized carbons (Fsp3) is 0.467. The molecule has 0 saturated heterocycles. The first-order valence-corrected chi connectivity index (χ1v) is 13.2. The van der Waals surface area contributed by atoms with Crippen LogP contribution in [0.25, 0.3) is 0 Å². The van der Waals surface area contributed by atoms with Gasteiger partial charge in [0.25, 0.3) is 0 Å². The van der Waals surface area contributed by atoms with E-state index in [0.29, 0.717) is 12.1 Å². The molecule has 218 valence electrons. The number of amides is 2. The molecule has 40 heavy (non-hydrogen) atoms. The standard InChI is InChI=1S/C30H41N3O7/c1-29(2,3)27(37)39-23-13-12-21(17-24(23)40-28(38)30(4,5)6)22(34)18-31-14-15-32-26(36)19-33-25(35)16-20-10-8-7-9-11-20/h7-13,17,22,31,34H,14-16,18-19H2,1-6H3,(H,32,36)(H,33,35). The van der Waals surface area contributed by atoms with Crippen LogP contribution in [0.1, 0.15) is 58.8 Å². The zero-order valence-corrected chi connectivity index (χ0v) is 24.1. The summed E-state index contributed by atoms with van der Waals surface area (Å²) in [5.74, 6) is -1.45. The largest absolute Gasteiger partial charge is 0.422 e. The van der Waals surface area contributed by atoms with Gasteiger partial charge in [-0.2, -0.15) is 0 Å². The Bertz CT molecular complexity index is 1170. The average Bonchev–Trinajstić information content (AvgIpc) is 2.87. The van der Waals surface area contributed by atoms with E-state index in [1.54, 1.807) is 47.6 Å². The summed E-state index contributed by atoms with van der Waals surface area (Å²) in [4.78, 5) is 48.9. The molecule has 1 atom stereocenters. The Balaban J connectivity index is 1.85. The molecule has 4 N–H and O–H groups in total. The van der Waals surface area contributed by atoms with E-state index < -0.39 is 28.9 Å². The number of benzene rings is 2. The molecular weight excluding hydrogens is 514 g/mol. The topological polar surface area (TPSA) is 143 Å². The molecule has 0 heterocycles. The minimum absolute atomic E-state index is 0.0376. The van der Waals surface area contributed by atoms with E-state index in [1.165, 1.54) is 12.1 Å². The van der Waals surface area contributed by atoms with E-state index in [0.717, 1.165) is 5.56 Å². The highest BCUT2D eigenvalue weighted by Gasteiger charge is 2.28. The van der Waals surface area contributed by atoms with Gasteiger partial charge in [-0.1, -0.05) is 36.4 Å². The summed E-state index contributed by atoms with van der Waals surface area (Å²) in [6.45, 7) is 10.9. The van der Waals surface area contributed by atoms with Gasteiger partial charge in [-0.15, -0.1) is 0 Å². The van der Waals surface area contributed by atoms with Gasteiger partial charge in [0.1, 0.15) is 0 Å². The van der Waals surface area contributed by atoms with Crippen molar-refractivity contribution in [2.75, 3.05) is 26.2 Å². The second-order valence-electron chi connectivity index (χ2n) is 11.5. The fourth-order valence-corrected chi connectivity index (χ4v) is 3.13. The number of hydrogen-bond donors (Lipinski definition) is 4. The van der Waals surface area contributed by atoms with Crippen molar-refractivity contribution >= 4 is 23.8 Å². The number of aliphatic hydroxyl groups excluding tert-OH is 1. The van der Waals surface area contributed by atoms with Gasteiger partial charge in [0.15, 0.2) is 11.5 Å². The Labute approximate surface area is 235 Å². The number of hydrogen-bond acceptors (Lipinski definition) is 8. The van der Waals surface area contributed by atoms with E-state index >= 15 is 0 Å². The third-order valence-electron chi connectivity index (χ3n) is 5.60. The molecule has 0 saturated carbocycles. The zero-order chi connectivity index (χ0) is 29.9. The second kappa shape index (κ2) is 14.6. The Morgan fingerprint density at radius 1 is 0.775 bits per heavy atom. The summed E-state index contributed by atoms with van der Waals surface area (Å²) in [6, 6.07) is 13.8. The first kappa shape index (κ1) is 32.5. The van der Waals surface area contributed by atoms with E-state index in [4.69, 9.17) is 9.47 Å². The van der Waals surface area contributed by atoms with Crippen LogP contribution in [-0.2, 0) is 25.6 Å². The van der Waals surface area contributed by atoms with Crippen molar-refractivity contribution in [3.8, 4) is 11.5 Å². The predicted octanol–water partition coefficient (Wildman–Crippen LogP) is 2.69. The highest BCUT2D eigenvalue weighted by Crippen LogP contribution is 2.34. The normalized spacial score (nSPS) is 12.3. The van der Waals surface area contributed by atoms with Crippen molar-refractivity contribution in [3.05, 3.63) is 59.7 Å². The first-order valence-electron chi connectivity index (χ1n) is 13.2. The quantitative estimate of drug-likeness (QED) is 0.178. The van der Waals surface area contributed by atoms with E-state index in [9.17, 15) is 24.3 Å². The molecule has 0 aliphatic heterocycles. The van der Waals surface area contributed by atoms with Gasteiger partial charge in [-0.25, -0.2) is 0 Å². The summed E-state index contributed by atoms with van der Waals surface area (Å²) >= 11 is 0. The number of carbonyl (C=O) groups is 4. The molecule has 0 aromatic heterocycles. The van der Waals surface area contributed by atoms with Crippen molar-refractivity contribution in [2.45, 2.75) is 54.1 Å². The third kappa shape index (κ3) is 11.2. The molecule has 10 heteroatoms. The van der Waals surface area contributed by atoms with Crippen LogP contribution < -0.4 is 25.4 Å². The van der Waals surface area contributed by atoms with E-state index in [2.05, 4.69) is 16.0 Å². The van der Waals surface area contributed by atoms with Gasteiger partial charge in [0.05, 0.1) is 29.9 Å². The number of esters is 2. The van der Waals surface area contributed by atoms with Gasteiger partial charge in [-0.3, -0.25) is 19.2 Å². The molecule has 0 bridgehead atoms. The minimum atomic E-state index is -0.965. The number of ether oxygens (including phenoxy) is 2. The zero-order valence-electron chi connectivity index (χ0n) is 24.1. The van der Waals surface area contributed by atoms with Crippen LogP contribution in [0.5, 0.6) is 11.5 Å². The highest BCUT2D eigenvalue weighted by atomic mass is 16.6. The Morgan fingerprint density at radius 3 is 1.98 bits per heavy atom. The summed E-state index contributed by atoms with van der Waals surface area (Å²) in [5.41, 5.74) is -0.249. The van der Waals surface area contributed by atoms with Crippen molar-refractivity contribution < 1.29 is 33.8 Å². The lowest BCUT2D eigenvalue weighted by atomic mass is 9.97. The monoisotopic (exact) mass is 555 g/mol. The Hall–Kier alpha value is -3.76. The third-order valence-corrected chi connectivity index (χ3v) is 5.60. The minimum Gasteiger partial charge on any atom is -0.422 e. The molecule has 0 spiro atoms. The maximum Gasteiger partial charge on any atom is 0.316 e. The maximum atomic E-state index is 12.5. The molecule has 0 aliphatic rings. The lowest BCUT2D eigenvalue weighted by Crippen LogP contribution is -2.40. The molecule has 10 nitrogen and oxygen atoms in total. The molecule has 0 radical (unpaired) electrons. The molecular formula is C30H41N3O7. The Kier molecular flexibility index (Phi) is 11.8. The number of carbonyl (C=O) groups excluding carboxylic acids is 4. The summed E-state index contributed by atoms with van der Waals surface area (Å²) < 4.78 is 11.0. The van der Waals surface area contributed by atoms with Gasteiger partial charge < -0.3 is 30.5 Å². The van der Waals surface area contributed by atoms with Crippen LogP contribution in [0.4, 0.5) is 0 Å². The fourth-order valence-electron chi connectivity index (χ4n) is 3.13. The molecule has 2 aromatic rings. The number of aliphatic hydroxyl groups is 1. The van der Waals surface area contributed by atoms with Crippen molar-refractivity contribution in [1.29, 1.82) is 0 Å². The van der Waals surface area contributed by atoms with Crippen LogP contribution in [0, 0.1) is 10.8 Å². The van der Waals surface area contributed by atoms with Gasteiger partial charge >= 0.3 is 11.9 Å². The van der Waals surface area contributed by atoms with Gasteiger partial charge in [0, 0.05) is 19.6 Å². The van der Waals surface area contributed by atoms with E-state index in [1.807, 2.05) is 30.3 Å². The van der Waals surface area contributed by atoms with Gasteiger partial charge in [0.2, 0.25) is 11.8 Å². The smallest absolute Gasteiger partial charge is 0.316 e. The van der Waals surface area contributed by atoms with Crippen LogP contribution in [-0.4, -0.2) is 55.0 Å². The lowest BCUT2D eigenvalue weighted by molar-refractivity contribution is -0.145. The van der Waals surface area contributed by atoms with Crippen LogP contribution in [0.2, 0.25) is 0 Å². The van der Waals surface area contributed by atoms with Crippen molar-refractivity contribution in [1.82, 2.24) is 16.0 Å². The van der Waals surface area contributed by atoms with Gasteiger partial charge in [-0.05, 0) is 64.8 Å². The van der Waals surface area contributed by atoms with Crippen molar-refractivity contribution in [3.63, 3.8) is 0 Å². The number of rotatable bonds is 12. The lowest BCUT2D eigenvalue weighted by Gasteiger charge is -2.21. The molecule has 2 amide bonds. The first-order chi connectivity index (χ1) is 18.7. The SMILES string of the molecule is CC(C)(C)C(=O)Oc1ccc(C(O)CNCCNC(=O)CNC(=O)Cc2ccccc2)cc1OC(=O)C(C)(C)C. The summed E-state index contributed by atoms with van der Waals surface area (Å²) in [5, 5.41) is 19.0. The molecule has 2 rings (SSSR count).